The molecule has 0 aromatic carbocycles. The molecular formula is C14H20N6O2. The van der Waals surface area contributed by atoms with Crippen molar-refractivity contribution in [2.24, 2.45) is 0 Å². The summed E-state index contributed by atoms with van der Waals surface area (Å²) in [4.78, 5) is 11.5. The van der Waals surface area contributed by atoms with Crippen LogP contribution in [0.4, 0.5) is 11.6 Å². The van der Waals surface area contributed by atoms with Crippen molar-refractivity contribution in [1.29, 1.82) is 0 Å². The van der Waals surface area contributed by atoms with Crippen molar-refractivity contribution in [2.75, 3.05) is 36.5 Å². The van der Waals surface area contributed by atoms with Crippen molar-refractivity contribution in [3.8, 4) is 0 Å². The van der Waals surface area contributed by atoms with Crippen molar-refractivity contribution in [3.63, 3.8) is 0 Å². The third kappa shape index (κ3) is 2.70. The van der Waals surface area contributed by atoms with E-state index in [4.69, 9.17) is 9.37 Å². The molecule has 2 aliphatic heterocycles. The van der Waals surface area contributed by atoms with Gasteiger partial charge >= 0.3 is 0 Å². The molecule has 2 aliphatic rings. The summed E-state index contributed by atoms with van der Waals surface area (Å²) in [5, 5.41) is 11.2. The van der Waals surface area contributed by atoms with Crippen molar-refractivity contribution in [2.45, 2.75) is 38.1 Å². The van der Waals surface area contributed by atoms with Gasteiger partial charge in [-0.05, 0) is 42.4 Å². The molecule has 0 amide bonds. The van der Waals surface area contributed by atoms with Crippen LogP contribution in [-0.2, 0) is 4.74 Å². The molecule has 2 saturated heterocycles. The Labute approximate surface area is 128 Å². The zero-order chi connectivity index (χ0) is 14.8. The highest BCUT2D eigenvalue weighted by molar-refractivity contribution is 5.74. The second-order valence-corrected chi connectivity index (χ2v) is 5.89. The first-order chi connectivity index (χ1) is 10.9. The minimum absolute atomic E-state index is 0.365. The number of nitrogens with zero attached hydrogens (tertiary/aromatic N) is 5. The fraction of sp³-hybridized carbons (Fsp3) is 0.714. The quantitative estimate of drug-likeness (QED) is 0.914. The van der Waals surface area contributed by atoms with Crippen LogP contribution in [0.3, 0.4) is 0 Å². The molecular weight excluding hydrogens is 284 g/mol. The number of rotatable bonds is 3. The van der Waals surface area contributed by atoms with E-state index in [1.807, 2.05) is 0 Å². The van der Waals surface area contributed by atoms with Crippen LogP contribution in [0.15, 0.2) is 4.63 Å². The Bertz CT molecular complexity index is 633. The van der Waals surface area contributed by atoms with Crippen LogP contribution in [0.2, 0.25) is 0 Å². The van der Waals surface area contributed by atoms with Gasteiger partial charge in [0.2, 0.25) is 11.3 Å². The zero-order valence-corrected chi connectivity index (χ0v) is 12.5. The van der Waals surface area contributed by atoms with Gasteiger partial charge in [0.1, 0.15) is 0 Å². The smallest absolute Gasteiger partial charge is 0.245 e. The van der Waals surface area contributed by atoms with Gasteiger partial charge in [-0.25, -0.2) is 14.6 Å². The van der Waals surface area contributed by atoms with Gasteiger partial charge in [-0.15, -0.1) is 0 Å². The van der Waals surface area contributed by atoms with Gasteiger partial charge in [-0.2, -0.15) is 0 Å². The topological polar surface area (TPSA) is 89.2 Å². The molecule has 0 unspecified atom stereocenters. The first-order valence-electron chi connectivity index (χ1n) is 8.00. The molecule has 0 atom stereocenters. The highest BCUT2D eigenvalue weighted by atomic mass is 16.6. The summed E-state index contributed by atoms with van der Waals surface area (Å²) in [7, 11) is 0. The van der Waals surface area contributed by atoms with Gasteiger partial charge < -0.3 is 15.0 Å². The Morgan fingerprint density at radius 2 is 1.68 bits per heavy atom. The summed E-state index contributed by atoms with van der Waals surface area (Å²) >= 11 is 0. The number of nitrogens with one attached hydrogen (secondary N) is 1. The van der Waals surface area contributed by atoms with Crippen molar-refractivity contribution >= 4 is 22.9 Å². The molecule has 22 heavy (non-hydrogen) atoms. The highest BCUT2D eigenvalue weighted by Gasteiger charge is 2.23. The summed E-state index contributed by atoms with van der Waals surface area (Å²) in [5.41, 5.74) is 0.924. The van der Waals surface area contributed by atoms with Gasteiger partial charge in [0.25, 0.3) is 0 Å². The van der Waals surface area contributed by atoms with E-state index in [0.29, 0.717) is 17.3 Å². The van der Waals surface area contributed by atoms with Crippen molar-refractivity contribution in [1.82, 2.24) is 20.3 Å². The van der Waals surface area contributed by atoms with Crippen molar-refractivity contribution < 1.29 is 9.37 Å². The van der Waals surface area contributed by atoms with Crippen molar-refractivity contribution in [3.05, 3.63) is 0 Å². The Hall–Kier alpha value is -1.96. The Balaban J connectivity index is 1.66. The van der Waals surface area contributed by atoms with E-state index in [1.165, 1.54) is 19.3 Å². The molecule has 2 aromatic rings. The summed E-state index contributed by atoms with van der Waals surface area (Å²) in [6.07, 6.45) is 5.62. The average Bonchev–Trinajstić information content (AvgIpc) is 3.03. The summed E-state index contributed by atoms with van der Waals surface area (Å²) in [6, 6.07) is 0.365. The van der Waals surface area contributed by atoms with E-state index in [0.717, 1.165) is 50.8 Å². The fourth-order valence-corrected chi connectivity index (χ4v) is 3.09. The maximum atomic E-state index is 5.42. The highest BCUT2D eigenvalue weighted by Crippen LogP contribution is 2.28. The van der Waals surface area contributed by atoms with E-state index < -0.39 is 0 Å². The Morgan fingerprint density at radius 1 is 0.955 bits per heavy atom. The maximum absolute atomic E-state index is 5.42. The number of anilines is 2. The lowest BCUT2D eigenvalue weighted by Gasteiger charge is -2.30. The van der Waals surface area contributed by atoms with E-state index in [9.17, 15) is 0 Å². The minimum Gasteiger partial charge on any atom is -0.381 e. The largest absolute Gasteiger partial charge is 0.381 e. The first-order valence-corrected chi connectivity index (χ1v) is 8.00. The Morgan fingerprint density at radius 3 is 2.45 bits per heavy atom. The molecule has 0 spiro atoms. The number of hydrogen-bond donors (Lipinski definition) is 1. The molecule has 8 heteroatoms. The number of fused-ring (bicyclic) bond motifs is 1. The van der Waals surface area contributed by atoms with Crippen LogP contribution in [0.5, 0.6) is 0 Å². The third-order valence-corrected chi connectivity index (χ3v) is 4.31. The number of hydrogen-bond acceptors (Lipinski definition) is 8. The van der Waals surface area contributed by atoms with E-state index in [1.54, 1.807) is 0 Å². The molecule has 2 fully saturated rings. The SMILES string of the molecule is C1CCN(c2nc3nonc3nc2NC2CCOCC2)CC1. The second kappa shape index (κ2) is 6.04. The monoisotopic (exact) mass is 304 g/mol. The standard InChI is InChI=1S/C14H20N6O2/c1-2-6-20(7-3-1)14-13(15-10-4-8-21-9-5-10)16-11-12(17-14)19-22-18-11/h10H,1-9H2,(H,15,16,18). The number of piperidine rings is 1. The lowest BCUT2D eigenvalue weighted by molar-refractivity contribution is 0.0904. The molecule has 0 aliphatic carbocycles. The van der Waals surface area contributed by atoms with Crippen LogP contribution in [0, 0.1) is 0 Å². The summed E-state index contributed by atoms with van der Waals surface area (Å²) in [5.74, 6) is 1.66. The van der Waals surface area contributed by atoms with Crippen LogP contribution in [0.1, 0.15) is 32.1 Å². The molecule has 0 radical (unpaired) electrons. The lowest BCUT2D eigenvalue weighted by atomic mass is 10.1. The normalized spacial score (nSPS) is 20.5. The zero-order valence-electron chi connectivity index (χ0n) is 12.5. The molecule has 1 N–H and O–H groups in total. The van der Waals surface area contributed by atoms with Crippen LogP contribution in [-0.4, -0.2) is 52.6 Å². The van der Waals surface area contributed by atoms with E-state index in [-0.39, 0.29) is 0 Å². The van der Waals surface area contributed by atoms with Gasteiger partial charge in [0.05, 0.1) is 0 Å². The van der Waals surface area contributed by atoms with Gasteiger partial charge in [-0.1, -0.05) is 0 Å². The molecule has 0 saturated carbocycles. The van der Waals surface area contributed by atoms with Gasteiger partial charge in [0, 0.05) is 32.3 Å². The predicted octanol–water partition coefficient (Wildman–Crippen LogP) is 1.59. The molecule has 4 heterocycles. The van der Waals surface area contributed by atoms with Gasteiger partial charge in [0.15, 0.2) is 11.6 Å². The average molecular weight is 304 g/mol. The molecule has 0 bridgehead atoms. The Kier molecular flexibility index (Phi) is 3.75. The summed E-state index contributed by atoms with van der Waals surface area (Å²) in [6.45, 7) is 3.59. The molecule has 118 valence electrons. The summed E-state index contributed by atoms with van der Waals surface area (Å²) < 4.78 is 10.2. The van der Waals surface area contributed by atoms with Crippen LogP contribution >= 0.6 is 0 Å². The van der Waals surface area contributed by atoms with Crippen LogP contribution < -0.4 is 10.2 Å². The molecule has 4 rings (SSSR count). The first kappa shape index (κ1) is 13.7. The van der Waals surface area contributed by atoms with Gasteiger partial charge in [-0.3, -0.25) is 0 Å². The number of ether oxygens (including phenoxy) is 1. The maximum Gasteiger partial charge on any atom is 0.245 e. The molecule has 2 aromatic heterocycles. The van der Waals surface area contributed by atoms with E-state index in [2.05, 4.69) is 30.5 Å². The third-order valence-electron chi connectivity index (χ3n) is 4.31. The second-order valence-electron chi connectivity index (χ2n) is 5.89. The fourth-order valence-electron chi connectivity index (χ4n) is 3.09. The predicted molar refractivity (Wildman–Crippen MR) is 80.9 cm³/mol. The lowest BCUT2D eigenvalue weighted by Crippen LogP contribution is -2.33. The van der Waals surface area contributed by atoms with E-state index >= 15 is 0 Å². The minimum atomic E-state index is 0.365. The van der Waals surface area contributed by atoms with Crippen LogP contribution in [0.25, 0.3) is 11.3 Å². The number of aromatic nitrogens is 4. The molecule has 8 nitrogen and oxygen atoms in total.